The molecule has 49 heavy (non-hydrogen) atoms. The number of benzene rings is 7. The van der Waals surface area contributed by atoms with E-state index in [-0.39, 0.29) is 17.6 Å². The number of hydrogen-bond acceptors (Lipinski definition) is 4. The summed E-state index contributed by atoms with van der Waals surface area (Å²) in [6, 6.07) is 46.1. The van der Waals surface area contributed by atoms with Crippen molar-refractivity contribution in [3.05, 3.63) is 176 Å². The van der Waals surface area contributed by atoms with E-state index in [1.54, 1.807) is 12.1 Å². The lowest BCUT2D eigenvalue weighted by atomic mass is 10.0. The van der Waals surface area contributed by atoms with Gasteiger partial charge in [0.15, 0.2) is 17.5 Å². The van der Waals surface area contributed by atoms with Gasteiger partial charge in [0.2, 0.25) is 0 Å². The number of hydrogen-bond donors (Lipinski definition) is 0. The van der Waals surface area contributed by atoms with Crippen LogP contribution < -0.4 is 0 Å². The molecule has 2 heterocycles. The molecule has 0 amide bonds. The first-order valence-corrected chi connectivity index (χ1v) is 15.9. The molecule has 230 valence electrons. The highest BCUT2D eigenvalue weighted by Gasteiger charge is 2.17. The average molecular weight is 633 g/mol. The molecule has 0 aliphatic carbocycles. The Morgan fingerprint density at radius 1 is 0.388 bits per heavy atom. The van der Waals surface area contributed by atoms with E-state index >= 15 is 0 Å². The Labute approximate surface area is 291 Å². The predicted octanol–water partition coefficient (Wildman–Crippen LogP) is 11.8. The van der Waals surface area contributed by atoms with Crippen LogP contribution in [0.1, 0.15) is 6.85 Å². The molecule has 4 heteroatoms. The molecule has 2 aromatic heterocycles. The van der Waals surface area contributed by atoms with Crippen molar-refractivity contribution in [2.45, 2.75) is 0 Å². The summed E-state index contributed by atoms with van der Waals surface area (Å²) in [6.45, 7) is 0. The van der Waals surface area contributed by atoms with E-state index in [0.29, 0.717) is 39.8 Å². The van der Waals surface area contributed by atoms with Crippen LogP contribution in [0.5, 0.6) is 0 Å². The molecule has 0 unspecified atom stereocenters. The van der Waals surface area contributed by atoms with E-state index in [0.717, 1.165) is 44.2 Å². The van der Waals surface area contributed by atoms with Gasteiger partial charge in [-0.3, -0.25) is 0 Å². The highest BCUT2D eigenvalue weighted by Crippen LogP contribution is 2.37. The van der Waals surface area contributed by atoms with Crippen molar-refractivity contribution >= 4 is 21.9 Å². The van der Waals surface area contributed by atoms with Crippen molar-refractivity contribution in [3.63, 3.8) is 0 Å². The fourth-order valence-electron chi connectivity index (χ4n) is 6.19. The summed E-state index contributed by atoms with van der Waals surface area (Å²) in [6.07, 6.45) is 0. The lowest BCUT2D eigenvalue weighted by molar-refractivity contribution is 0.670. The summed E-state index contributed by atoms with van der Waals surface area (Å²) in [5, 5.41) is 1.57. The van der Waals surface area contributed by atoms with Crippen LogP contribution in [0.4, 0.5) is 0 Å². The second-order valence-electron chi connectivity index (χ2n) is 11.7. The third-order valence-corrected chi connectivity index (χ3v) is 8.64. The fourth-order valence-corrected chi connectivity index (χ4v) is 6.19. The highest BCUT2D eigenvalue weighted by molar-refractivity contribution is 6.10. The molecule has 0 radical (unpaired) electrons. The minimum atomic E-state index is -0.440. The van der Waals surface area contributed by atoms with Crippen LogP contribution in [0, 0.1) is 0 Å². The zero-order valence-electron chi connectivity index (χ0n) is 31.1. The van der Waals surface area contributed by atoms with Gasteiger partial charge in [0.25, 0.3) is 0 Å². The number of furan rings is 1. The number of rotatable bonds is 6. The topological polar surface area (TPSA) is 51.8 Å². The summed E-state index contributed by atoms with van der Waals surface area (Å²) >= 11 is 0. The third-order valence-electron chi connectivity index (χ3n) is 8.64. The van der Waals surface area contributed by atoms with Gasteiger partial charge in [0.05, 0.1) is 6.85 Å². The third kappa shape index (κ3) is 5.45. The van der Waals surface area contributed by atoms with Gasteiger partial charge >= 0.3 is 0 Å². The largest absolute Gasteiger partial charge is 0.455 e. The van der Waals surface area contributed by atoms with Crippen molar-refractivity contribution < 1.29 is 11.3 Å². The minimum absolute atomic E-state index is 0.0913. The van der Waals surface area contributed by atoms with E-state index in [4.69, 9.17) is 26.2 Å². The van der Waals surface area contributed by atoms with Crippen molar-refractivity contribution in [1.82, 2.24) is 15.0 Å². The Morgan fingerprint density at radius 2 is 0.918 bits per heavy atom. The molecule has 0 saturated heterocycles. The predicted molar refractivity (Wildman–Crippen MR) is 200 cm³/mol. The first-order valence-electron chi connectivity index (χ1n) is 18.4. The van der Waals surface area contributed by atoms with Crippen LogP contribution in [0.15, 0.2) is 180 Å². The quantitative estimate of drug-likeness (QED) is 0.183. The van der Waals surface area contributed by atoms with Gasteiger partial charge in [0.1, 0.15) is 11.2 Å². The highest BCUT2D eigenvalue weighted by atomic mass is 16.3. The summed E-state index contributed by atoms with van der Waals surface area (Å²) in [7, 11) is 0. The van der Waals surface area contributed by atoms with Crippen LogP contribution in [0.3, 0.4) is 0 Å². The number of aromatic nitrogens is 3. The van der Waals surface area contributed by atoms with Crippen LogP contribution >= 0.6 is 0 Å². The standard InChI is InChI=1S/C45H29N3O/c1-4-12-30(13-5-1)32-22-24-34(25-23-32)43-46-44(36-19-10-18-35(28-36)31-14-6-2-7-15-31)48-45(47-43)37-26-27-39-40-21-11-20-38(33-16-8-3-9-17-33)42(40)49-41(39)29-37/h1-29H/i3D,8D,9D,16D,17D. The Bertz CT molecular complexity index is 2850. The number of nitrogens with zero attached hydrogens (tertiary/aromatic N) is 3. The van der Waals surface area contributed by atoms with Gasteiger partial charge in [-0.15, -0.1) is 0 Å². The minimum Gasteiger partial charge on any atom is -0.455 e. The number of para-hydroxylation sites is 1. The molecule has 9 rings (SSSR count). The Kier molecular flexibility index (Phi) is 5.87. The fraction of sp³-hybridized carbons (Fsp3) is 0. The van der Waals surface area contributed by atoms with Gasteiger partial charge in [0, 0.05) is 33.0 Å². The Balaban J connectivity index is 1.19. The van der Waals surface area contributed by atoms with Crippen molar-refractivity contribution in [3.8, 4) is 67.5 Å². The van der Waals surface area contributed by atoms with Crippen molar-refractivity contribution in [2.24, 2.45) is 0 Å². The molecule has 7 aromatic carbocycles. The van der Waals surface area contributed by atoms with Gasteiger partial charge < -0.3 is 4.42 Å². The molecule has 0 atom stereocenters. The van der Waals surface area contributed by atoms with Gasteiger partial charge in [-0.05, 0) is 46.0 Å². The lowest BCUT2D eigenvalue weighted by Crippen LogP contribution is -2.00. The molecule has 0 N–H and O–H groups in total. The second-order valence-corrected chi connectivity index (χ2v) is 11.7. The molecule has 0 bridgehead atoms. The van der Waals surface area contributed by atoms with Gasteiger partial charge in [-0.1, -0.05) is 158 Å². The first-order chi connectivity index (χ1) is 26.3. The summed E-state index contributed by atoms with van der Waals surface area (Å²) in [5.41, 5.74) is 8.21. The van der Waals surface area contributed by atoms with E-state index in [1.807, 2.05) is 84.9 Å². The second kappa shape index (κ2) is 12.2. The summed E-state index contributed by atoms with van der Waals surface area (Å²) < 4.78 is 48.2. The Hall–Kier alpha value is -6.65. The molecular weight excluding hydrogens is 599 g/mol. The molecule has 0 fully saturated rings. The first kappa shape index (κ1) is 23.6. The summed E-state index contributed by atoms with van der Waals surface area (Å²) in [5.74, 6) is 1.50. The van der Waals surface area contributed by atoms with Crippen molar-refractivity contribution in [2.75, 3.05) is 0 Å². The maximum Gasteiger partial charge on any atom is 0.164 e. The lowest BCUT2D eigenvalue weighted by Gasteiger charge is -2.10. The normalized spacial score (nSPS) is 12.7. The smallest absolute Gasteiger partial charge is 0.164 e. The maximum atomic E-state index is 8.59. The molecule has 4 nitrogen and oxygen atoms in total. The average Bonchev–Trinajstić information content (AvgIpc) is 3.61. The van der Waals surface area contributed by atoms with E-state index < -0.39 is 18.1 Å². The van der Waals surface area contributed by atoms with Crippen molar-refractivity contribution in [1.29, 1.82) is 0 Å². The van der Waals surface area contributed by atoms with Gasteiger partial charge in [-0.25, -0.2) is 15.0 Å². The Morgan fingerprint density at radius 3 is 1.63 bits per heavy atom. The van der Waals surface area contributed by atoms with Crippen LogP contribution in [0.25, 0.3) is 89.5 Å². The zero-order chi connectivity index (χ0) is 36.9. The van der Waals surface area contributed by atoms with Crippen LogP contribution in [-0.2, 0) is 0 Å². The monoisotopic (exact) mass is 632 g/mol. The van der Waals surface area contributed by atoms with Gasteiger partial charge in [-0.2, -0.15) is 0 Å². The summed E-state index contributed by atoms with van der Waals surface area (Å²) in [4.78, 5) is 15.0. The number of fused-ring (bicyclic) bond motifs is 3. The van der Waals surface area contributed by atoms with E-state index in [2.05, 4.69) is 48.5 Å². The molecule has 9 aromatic rings. The molecule has 0 spiro atoms. The molecule has 0 aliphatic heterocycles. The maximum absolute atomic E-state index is 8.59. The molecule has 0 saturated carbocycles. The van der Waals surface area contributed by atoms with E-state index in [1.165, 1.54) is 0 Å². The van der Waals surface area contributed by atoms with Crippen LogP contribution in [-0.4, -0.2) is 15.0 Å². The van der Waals surface area contributed by atoms with Crippen LogP contribution in [0.2, 0.25) is 0 Å². The van der Waals surface area contributed by atoms with E-state index in [9.17, 15) is 0 Å². The SMILES string of the molecule is [2H]c1c([2H])c([2H])c(-c2cccc3c2oc2cc(-c4nc(-c5ccc(-c6ccccc6)cc5)nc(-c5cccc(-c6ccccc6)c5)n4)ccc23)c([2H])c1[2H]. The molecule has 0 aliphatic rings. The molecular formula is C45H29N3O. The zero-order valence-corrected chi connectivity index (χ0v) is 26.1.